The van der Waals surface area contributed by atoms with E-state index in [4.69, 9.17) is 4.52 Å². The van der Waals surface area contributed by atoms with Crippen molar-refractivity contribution in [2.24, 2.45) is 0 Å². The summed E-state index contributed by atoms with van der Waals surface area (Å²) in [6, 6.07) is 12.7. The van der Waals surface area contributed by atoms with Crippen LogP contribution in [0.1, 0.15) is 44.9 Å². The molecule has 1 atom stereocenters. The van der Waals surface area contributed by atoms with Gasteiger partial charge in [0, 0.05) is 11.1 Å². The smallest absolute Gasteiger partial charge is 0.332 e. The summed E-state index contributed by atoms with van der Waals surface area (Å²) in [6.07, 6.45) is 1.67. The Hall–Kier alpha value is -2.80. The van der Waals surface area contributed by atoms with Crippen LogP contribution in [0.5, 0.6) is 0 Å². The van der Waals surface area contributed by atoms with E-state index in [1.54, 1.807) is 30.5 Å². The number of halogens is 1. The fourth-order valence-corrected chi connectivity index (χ4v) is 3.13. The Labute approximate surface area is 175 Å². The van der Waals surface area contributed by atoms with Crippen LogP contribution in [-0.4, -0.2) is 11.2 Å². The molecule has 2 aromatic carbocycles. The van der Waals surface area contributed by atoms with Gasteiger partial charge in [0.05, 0.1) is 11.7 Å². The van der Waals surface area contributed by atoms with E-state index in [2.05, 4.69) is 44.1 Å². The van der Waals surface area contributed by atoms with Crippen molar-refractivity contribution in [1.82, 2.24) is 10.5 Å². The topological polar surface area (TPSA) is 58.4 Å². The lowest BCUT2D eigenvalue weighted by molar-refractivity contribution is 0.247. The molecule has 1 aromatic heterocycles. The normalized spacial score (nSPS) is 12.5. The molecule has 0 spiro atoms. The fourth-order valence-electron chi connectivity index (χ4n) is 2.94. The summed E-state index contributed by atoms with van der Waals surface area (Å²) < 4.78 is 19.5. The summed E-state index contributed by atoms with van der Waals surface area (Å²) >= 11 is 4.32. The quantitative estimate of drug-likeness (QED) is 0.524. The van der Waals surface area contributed by atoms with E-state index in [0.717, 1.165) is 22.4 Å². The van der Waals surface area contributed by atoms with Gasteiger partial charge in [-0.25, -0.2) is 13.5 Å². The maximum Gasteiger partial charge on any atom is 0.332 e. The van der Waals surface area contributed by atoms with E-state index < -0.39 is 0 Å². The van der Waals surface area contributed by atoms with Crippen LogP contribution < -0.4 is 9.62 Å². The van der Waals surface area contributed by atoms with Gasteiger partial charge in [-0.3, -0.25) is 0 Å². The second kappa shape index (κ2) is 8.29. The van der Waals surface area contributed by atoms with E-state index in [1.807, 2.05) is 19.1 Å². The van der Waals surface area contributed by atoms with E-state index in [9.17, 15) is 9.18 Å². The van der Waals surface area contributed by atoms with Crippen LogP contribution in [0.4, 0.5) is 14.9 Å². The maximum atomic E-state index is 13.1. The zero-order valence-electron chi connectivity index (χ0n) is 16.8. The van der Waals surface area contributed by atoms with E-state index in [-0.39, 0.29) is 23.3 Å². The number of benzene rings is 2. The third-order valence-electron chi connectivity index (χ3n) is 4.67. The SMILES string of the molecule is CC(NC(=O)N(S)c1ccc(-c2nocc2C(C)(C)C)cc1)c1ccc(F)cc1. The molecule has 0 saturated carbocycles. The van der Waals surface area contributed by atoms with Gasteiger partial charge in [-0.05, 0) is 42.2 Å². The predicted octanol–water partition coefficient (Wildman–Crippen LogP) is 5.90. The summed E-state index contributed by atoms with van der Waals surface area (Å²) in [5, 5.41) is 6.97. The van der Waals surface area contributed by atoms with Crippen molar-refractivity contribution >= 4 is 24.5 Å². The third kappa shape index (κ3) is 4.79. The Kier molecular flexibility index (Phi) is 5.98. The van der Waals surface area contributed by atoms with Crippen LogP contribution in [0.15, 0.2) is 59.3 Å². The van der Waals surface area contributed by atoms with Crippen LogP contribution in [-0.2, 0) is 5.41 Å². The van der Waals surface area contributed by atoms with Crippen molar-refractivity contribution in [3.8, 4) is 11.3 Å². The standard InChI is InChI=1S/C22H24FN3O2S/c1-14(15-5-9-17(23)10-6-15)24-21(27)26(29)18-11-7-16(8-12-18)20-19(13-28-25-20)22(2,3)4/h5-14,29H,1-4H3,(H,24,27). The van der Waals surface area contributed by atoms with Crippen molar-refractivity contribution in [1.29, 1.82) is 0 Å². The first-order valence-corrected chi connectivity index (χ1v) is 9.67. The molecule has 0 saturated heterocycles. The van der Waals surface area contributed by atoms with Crippen molar-refractivity contribution in [2.75, 3.05) is 4.31 Å². The third-order valence-corrected chi connectivity index (χ3v) is 5.08. The van der Waals surface area contributed by atoms with Gasteiger partial charge in [0.15, 0.2) is 0 Å². The van der Waals surface area contributed by atoms with Gasteiger partial charge in [0.2, 0.25) is 0 Å². The Morgan fingerprint density at radius 2 is 1.76 bits per heavy atom. The van der Waals surface area contributed by atoms with Gasteiger partial charge in [-0.1, -0.05) is 63.0 Å². The average Bonchev–Trinajstić information content (AvgIpc) is 3.18. The van der Waals surface area contributed by atoms with Gasteiger partial charge < -0.3 is 9.84 Å². The molecule has 0 radical (unpaired) electrons. The largest absolute Gasteiger partial charge is 0.364 e. The number of thiol groups is 1. The van der Waals surface area contributed by atoms with Crippen molar-refractivity contribution < 1.29 is 13.7 Å². The zero-order valence-corrected chi connectivity index (χ0v) is 17.7. The lowest BCUT2D eigenvalue weighted by atomic mass is 9.86. The second-order valence-electron chi connectivity index (χ2n) is 7.91. The Morgan fingerprint density at radius 3 is 2.34 bits per heavy atom. The number of rotatable bonds is 4. The number of carbonyl (C=O) groups excluding carboxylic acids is 1. The van der Waals surface area contributed by atoms with Crippen LogP contribution >= 0.6 is 12.8 Å². The molecule has 1 unspecified atom stereocenters. The molecular weight excluding hydrogens is 389 g/mol. The fraction of sp³-hybridized carbons (Fsp3) is 0.273. The van der Waals surface area contributed by atoms with Crippen molar-refractivity contribution in [2.45, 2.75) is 39.2 Å². The second-order valence-corrected chi connectivity index (χ2v) is 8.31. The summed E-state index contributed by atoms with van der Waals surface area (Å²) in [6.45, 7) is 8.12. The molecule has 2 amide bonds. The first-order chi connectivity index (χ1) is 13.7. The molecule has 1 N–H and O–H groups in total. The molecule has 3 rings (SSSR count). The first-order valence-electron chi connectivity index (χ1n) is 9.27. The minimum Gasteiger partial charge on any atom is -0.364 e. The average molecular weight is 414 g/mol. The van der Waals surface area contributed by atoms with E-state index in [0.29, 0.717) is 5.69 Å². The lowest BCUT2D eigenvalue weighted by Gasteiger charge is -2.21. The number of amides is 2. The molecule has 0 aliphatic rings. The molecule has 152 valence electrons. The molecule has 5 nitrogen and oxygen atoms in total. The molecule has 29 heavy (non-hydrogen) atoms. The number of anilines is 1. The molecule has 0 aliphatic carbocycles. The molecule has 3 aromatic rings. The van der Waals surface area contributed by atoms with Gasteiger partial charge in [0.25, 0.3) is 0 Å². The first kappa shape index (κ1) is 20.9. The highest BCUT2D eigenvalue weighted by Crippen LogP contribution is 2.33. The number of hydrogen-bond donors (Lipinski definition) is 2. The molecule has 0 bridgehead atoms. The van der Waals surface area contributed by atoms with Crippen LogP contribution in [0.3, 0.4) is 0 Å². The van der Waals surface area contributed by atoms with Gasteiger partial charge in [-0.2, -0.15) is 0 Å². The van der Waals surface area contributed by atoms with Crippen molar-refractivity contribution in [3.05, 3.63) is 71.7 Å². The number of urea groups is 1. The minimum atomic E-state index is -0.380. The highest BCUT2D eigenvalue weighted by atomic mass is 32.1. The zero-order chi connectivity index (χ0) is 21.2. The van der Waals surface area contributed by atoms with Gasteiger partial charge >= 0.3 is 6.03 Å². The predicted molar refractivity (Wildman–Crippen MR) is 115 cm³/mol. The van der Waals surface area contributed by atoms with Crippen LogP contribution in [0.2, 0.25) is 0 Å². The minimum absolute atomic E-state index is 0.0973. The lowest BCUT2D eigenvalue weighted by Crippen LogP contribution is -2.35. The summed E-state index contributed by atoms with van der Waals surface area (Å²) in [5.74, 6) is -0.315. The highest BCUT2D eigenvalue weighted by Gasteiger charge is 2.23. The summed E-state index contributed by atoms with van der Waals surface area (Å²) in [4.78, 5) is 12.5. The summed E-state index contributed by atoms with van der Waals surface area (Å²) in [5.41, 5.74) is 4.01. The maximum absolute atomic E-state index is 13.1. The highest BCUT2D eigenvalue weighted by molar-refractivity contribution is 7.82. The number of nitrogens with zero attached hydrogens (tertiary/aromatic N) is 2. The monoisotopic (exact) mass is 413 g/mol. The summed E-state index contributed by atoms with van der Waals surface area (Å²) in [7, 11) is 0. The van der Waals surface area contributed by atoms with E-state index >= 15 is 0 Å². The van der Waals surface area contributed by atoms with Crippen molar-refractivity contribution in [3.63, 3.8) is 0 Å². The Balaban J connectivity index is 1.72. The Morgan fingerprint density at radius 1 is 1.14 bits per heavy atom. The Bertz CT molecular complexity index is 979. The van der Waals surface area contributed by atoms with Gasteiger partial charge in [-0.15, -0.1) is 0 Å². The molecular formula is C22H24FN3O2S. The number of aromatic nitrogens is 1. The van der Waals surface area contributed by atoms with Gasteiger partial charge in [0.1, 0.15) is 17.8 Å². The number of nitrogens with one attached hydrogen (secondary N) is 1. The van der Waals surface area contributed by atoms with Crippen LogP contribution in [0, 0.1) is 5.82 Å². The number of carbonyl (C=O) groups is 1. The molecule has 0 aliphatic heterocycles. The van der Waals surface area contributed by atoms with E-state index in [1.165, 1.54) is 16.4 Å². The van der Waals surface area contributed by atoms with Crippen LogP contribution in [0.25, 0.3) is 11.3 Å². The number of hydrogen-bond acceptors (Lipinski definition) is 4. The molecule has 1 heterocycles. The molecule has 0 fully saturated rings. The molecule has 7 heteroatoms.